The van der Waals surface area contributed by atoms with Crippen LogP contribution in [0.25, 0.3) is 0 Å². The van der Waals surface area contributed by atoms with E-state index < -0.39 is 0 Å². The van der Waals surface area contributed by atoms with E-state index in [0.29, 0.717) is 17.9 Å². The van der Waals surface area contributed by atoms with Crippen molar-refractivity contribution >= 4 is 21.8 Å². The Morgan fingerprint density at radius 3 is 2.71 bits per heavy atom. The molecule has 1 heterocycles. The molecular formula is C14H15BrN4O2. The average Bonchev–Trinajstić information content (AvgIpc) is 2.49. The second-order valence-electron chi connectivity index (χ2n) is 4.46. The van der Waals surface area contributed by atoms with Gasteiger partial charge in [-0.1, -0.05) is 39.3 Å². The number of aryl methyl sites for hydroxylation is 1. The van der Waals surface area contributed by atoms with Crippen LogP contribution in [0.4, 0.5) is 0 Å². The lowest BCUT2D eigenvalue weighted by atomic mass is 10.1. The molecule has 6 nitrogen and oxygen atoms in total. The molecule has 0 aliphatic carbocycles. The van der Waals surface area contributed by atoms with E-state index in [0.717, 1.165) is 15.6 Å². The van der Waals surface area contributed by atoms with E-state index in [4.69, 9.17) is 15.7 Å². The molecule has 2 rings (SSSR count). The highest BCUT2D eigenvalue weighted by Gasteiger charge is 2.17. The molecular weight excluding hydrogens is 336 g/mol. The zero-order chi connectivity index (χ0) is 15.4. The predicted octanol–water partition coefficient (Wildman–Crippen LogP) is 2.53. The Labute approximate surface area is 130 Å². The van der Waals surface area contributed by atoms with Gasteiger partial charge < -0.3 is 15.7 Å². The van der Waals surface area contributed by atoms with E-state index in [9.17, 15) is 0 Å². The summed E-state index contributed by atoms with van der Waals surface area (Å²) in [4.78, 5) is 0. The van der Waals surface area contributed by atoms with Gasteiger partial charge in [-0.2, -0.15) is 5.10 Å². The fourth-order valence-electron chi connectivity index (χ4n) is 1.80. The van der Waals surface area contributed by atoms with Crippen LogP contribution >= 0.6 is 15.9 Å². The molecule has 0 aliphatic heterocycles. The van der Waals surface area contributed by atoms with Crippen LogP contribution in [-0.2, 0) is 6.61 Å². The van der Waals surface area contributed by atoms with E-state index in [1.165, 1.54) is 0 Å². The van der Waals surface area contributed by atoms with E-state index in [1.54, 1.807) is 6.92 Å². The molecule has 1 aromatic heterocycles. The highest BCUT2D eigenvalue weighted by molar-refractivity contribution is 9.10. The highest BCUT2D eigenvalue weighted by Crippen LogP contribution is 2.23. The molecule has 7 heteroatoms. The molecule has 0 amide bonds. The van der Waals surface area contributed by atoms with Gasteiger partial charge in [0.1, 0.15) is 6.61 Å². The van der Waals surface area contributed by atoms with Crippen LogP contribution in [0.2, 0.25) is 0 Å². The zero-order valence-corrected chi connectivity index (χ0v) is 13.3. The van der Waals surface area contributed by atoms with Gasteiger partial charge in [-0.15, -0.1) is 5.10 Å². The van der Waals surface area contributed by atoms with Gasteiger partial charge >= 0.3 is 0 Å². The number of hydrogen-bond acceptors (Lipinski definition) is 5. The van der Waals surface area contributed by atoms with Crippen LogP contribution in [0, 0.1) is 13.8 Å². The van der Waals surface area contributed by atoms with Gasteiger partial charge in [-0.3, -0.25) is 0 Å². The monoisotopic (exact) mass is 350 g/mol. The summed E-state index contributed by atoms with van der Waals surface area (Å²) in [6, 6.07) is 7.70. The van der Waals surface area contributed by atoms with E-state index in [-0.39, 0.29) is 11.7 Å². The highest BCUT2D eigenvalue weighted by atomic mass is 79.9. The Balaban J connectivity index is 2.33. The van der Waals surface area contributed by atoms with Crippen LogP contribution < -0.4 is 10.5 Å². The molecule has 0 unspecified atom stereocenters. The fraction of sp³-hybridized carbons (Fsp3) is 0.214. The number of oxime groups is 1. The molecule has 110 valence electrons. The third-order valence-corrected chi connectivity index (χ3v) is 3.88. The maximum atomic E-state index is 8.91. The Morgan fingerprint density at radius 1 is 1.33 bits per heavy atom. The topological polar surface area (TPSA) is 93.6 Å². The first-order valence-electron chi connectivity index (χ1n) is 6.22. The first-order valence-corrected chi connectivity index (χ1v) is 7.02. The number of nitrogens with zero attached hydrogens (tertiary/aromatic N) is 3. The van der Waals surface area contributed by atoms with Gasteiger partial charge in [0, 0.05) is 10.0 Å². The normalized spacial score (nSPS) is 11.5. The van der Waals surface area contributed by atoms with Gasteiger partial charge in [0.05, 0.1) is 11.3 Å². The quantitative estimate of drug-likeness (QED) is 0.382. The Kier molecular flexibility index (Phi) is 4.74. The van der Waals surface area contributed by atoms with Gasteiger partial charge in [0.2, 0.25) is 5.88 Å². The number of halogens is 1. The molecule has 0 radical (unpaired) electrons. The standard InChI is InChI=1S/C14H15BrN4O2/c1-8-9(2)17-18-14(12(8)13(16)19-20)21-7-10-5-3-4-6-11(10)15/h3-6,20H,7H2,1-2H3,(H2,16,19). The molecule has 21 heavy (non-hydrogen) atoms. The number of ether oxygens (including phenoxy) is 1. The summed E-state index contributed by atoms with van der Waals surface area (Å²) in [7, 11) is 0. The van der Waals surface area contributed by atoms with E-state index in [2.05, 4.69) is 31.3 Å². The minimum atomic E-state index is -0.0485. The van der Waals surface area contributed by atoms with Crippen molar-refractivity contribution in [2.45, 2.75) is 20.5 Å². The van der Waals surface area contributed by atoms with Crippen molar-refractivity contribution in [2.24, 2.45) is 10.9 Å². The van der Waals surface area contributed by atoms with Crippen molar-refractivity contribution in [3.8, 4) is 5.88 Å². The van der Waals surface area contributed by atoms with Crippen LogP contribution in [0.5, 0.6) is 5.88 Å². The van der Waals surface area contributed by atoms with E-state index in [1.807, 2.05) is 31.2 Å². The SMILES string of the molecule is Cc1nnc(OCc2ccccc2Br)c(/C(N)=N/O)c1C. The summed E-state index contributed by atoms with van der Waals surface area (Å²) in [5.41, 5.74) is 8.59. The molecule has 0 saturated carbocycles. The number of aromatic nitrogens is 2. The second kappa shape index (κ2) is 6.53. The van der Waals surface area contributed by atoms with Gasteiger partial charge in [0.25, 0.3) is 0 Å². The average molecular weight is 351 g/mol. The first-order chi connectivity index (χ1) is 10.0. The number of nitrogens with two attached hydrogens (primary N) is 1. The van der Waals surface area contributed by atoms with Crippen molar-refractivity contribution in [1.29, 1.82) is 0 Å². The molecule has 2 aromatic rings. The molecule has 0 bridgehead atoms. The predicted molar refractivity (Wildman–Crippen MR) is 82.5 cm³/mol. The van der Waals surface area contributed by atoms with Crippen LogP contribution in [0.15, 0.2) is 33.9 Å². The van der Waals surface area contributed by atoms with Crippen molar-refractivity contribution in [2.75, 3.05) is 0 Å². The second-order valence-corrected chi connectivity index (χ2v) is 5.31. The molecule has 0 spiro atoms. The minimum Gasteiger partial charge on any atom is -0.471 e. The number of rotatable bonds is 4. The zero-order valence-electron chi connectivity index (χ0n) is 11.7. The lowest BCUT2D eigenvalue weighted by Gasteiger charge is -2.13. The molecule has 3 N–H and O–H groups in total. The lowest BCUT2D eigenvalue weighted by Crippen LogP contribution is -2.19. The Hall–Kier alpha value is -2.15. The van der Waals surface area contributed by atoms with Crippen molar-refractivity contribution in [3.63, 3.8) is 0 Å². The van der Waals surface area contributed by atoms with Gasteiger partial charge in [0.15, 0.2) is 5.84 Å². The first kappa shape index (κ1) is 15.2. The summed E-state index contributed by atoms with van der Waals surface area (Å²) in [6.07, 6.45) is 0. The maximum Gasteiger partial charge on any atom is 0.245 e. The van der Waals surface area contributed by atoms with Crippen LogP contribution in [0.3, 0.4) is 0 Å². The summed E-state index contributed by atoms with van der Waals surface area (Å²) < 4.78 is 6.62. The number of benzene rings is 1. The van der Waals surface area contributed by atoms with Crippen molar-refractivity contribution in [1.82, 2.24) is 10.2 Å². The Bertz CT molecular complexity index is 689. The Morgan fingerprint density at radius 2 is 2.05 bits per heavy atom. The summed E-state index contributed by atoms with van der Waals surface area (Å²) in [6.45, 7) is 3.92. The minimum absolute atomic E-state index is 0.0485. The summed E-state index contributed by atoms with van der Waals surface area (Å²) in [5.74, 6) is 0.191. The van der Waals surface area contributed by atoms with Gasteiger partial charge in [-0.25, -0.2) is 0 Å². The number of amidine groups is 1. The van der Waals surface area contributed by atoms with Crippen molar-refractivity contribution < 1.29 is 9.94 Å². The lowest BCUT2D eigenvalue weighted by molar-refractivity contribution is 0.287. The largest absolute Gasteiger partial charge is 0.471 e. The maximum absolute atomic E-state index is 8.91. The van der Waals surface area contributed by atoms with Crippen LogP contribution in [-0.4, -0.2) is 21.2 Å². The molecule has 0 aliphatic rings. The van der Waals surface area contributed by atoms with Gasteiger partial charge in [-0.05, 0) is 25.5 Å². The molecule has 1 aromatic carbocycles. The molecule has 0 atom stereocenters. The third kappa shape index (κ3) is 3.30. The summed E-state index contributed by atoms with van der Waals surface area (Å²) in [5, 5.41) is 19.9. The van der Waals surface area contributed by atoms with Crippen molar-refractivity contribution in [3.05, 3.63) is 51.1 Å². The fourth-order valence-corrected chi connectivity index (χ4v) is 2.20. The summed E-state index contributed by atoms with van der Waals surface area (Å²) >= 11 is 3.45. The smallest absolute Gasteiger partial charge is 0.245 e. The van der Waals surface area contributed by atoms with Crippen LogP contribution in [0.1, 0.15) is 22.4 Å². The van der Waals surface area contributed by atoms with E-state index >= 15 is 0 Å². The number of hydrogen-bond donors (Lipinski definition) is 2. The molecule has 0 saturated heterocycles. The molecule has 0 fully saturated rings. The third-order valence-electron chi connectivity index (χ3n) is 3.11.